The number of unbranched alkanes of at least 4 members (excludes halogenated alkanes) is 1. The van der Waals surface area contributed by atoms with Gasteiger partial charge in [0.25, 0.3) is 0 Å². The highest BCUT2D eigenvalue weighted by atomic mass is 16.4. The third kappa shape index (κ3) is 3.30. The smallest absolute Gasteiger partial charge is 0.331 e. The number of aliphatic carboxylic acids is 1. The molecule has 0 bridgehead atoms. The molecule has 3 heteroatoms. The molecule has 8 atom stereocenters. The van der Waals surface area contributed by atoms with Gasteiger partial charge in [-0.25, -0.2) is 4.79 Å². The zero-order valence-electron chi connectivity index (χ0n) is 17.2. The van der Waals surface area contributed by atoms with Gasteiger partial charge in [-0.2, -0.15) is 0 Å². The minimum absolute atomic E-state index is 0.00225. The molecular weight excluding hydrogens is 372 g/mol. The number of rotatable bonds is 7. The first-order valence-corrected chi connectivity index (χ1v) is 11.3. The Balaban J connectivity index is 1.16. The molecule has 1 aromatic rings. The Morgan fingerprint density at radius 1 is 1.07 bits per heavy atom. The zero-order valence-corrected chi connectivity index (χ0v) is 17.2. The molecule has 0 heterocycles. The molecule has 1 aromatic carbocycles. The number of allylic oxidation sites excluding steroid dienone is 5. The summed E-state index contributed by atoms with van der Waals surface area (Å²) in [5.74, 6) is 2.24. The van der Waals surface area contributed by atoms with Crippen LogP contribution in [-0.2, 0) is 4.79 Å². The van der Waals surface area contributed by atoms with Crippen LogP contribution in [0, 0.1) is 41.4 Å². The van der Waals surface area contributed by atoms with Crippen LogP contribution in [0.4, 0.5) is 0 Å². The molecule has 0 aliphatic heterocycles. The van der Waals surface area contributed by atoms with E-state index in [4.69, 9.17) is 0 Å². The molecule has 2 saturated carbocycles. The molecule has 2 N–H and O–H groups in total. The van der Waals surface area contributed by atoms with Gasteiger partial charge in [-0.15, -0.1) is 0 Å². The predicted molar refractivity (Wildman–Crippen MR) is 118 cm³/mol. The van der Waals surface area contributed by atoms with Gasteiger partial charge in [-0.05, 0) is 72.8 Å². The Hall–Kier alpha value is -2.39. The zero-order chi connectivity index (χ0) is 20.7. The van der Waals surface area contributed by atoms with Crippen molar-refractivity contribution in [2.24, 2.45) is 41.4 Å². The minimum Gasteiger partial charge on any atom is -0.478 e. The van der Waals surface area contributed by atoms with Crippen LogP contribution >= 0.6 is 0 Å². The first-order chi connectivity index (χ1) is 14.6. The predicted octanol–water partition coefficient (Wildman–Crippen LogP) is 5.11. The Bertz CT molecular complexity index is 909. The molecule has 0 radical (unpaired) electrons. The number of hydrogen-bond donors (Lipinski definition) is 2. The summed E-state index contributed by atoms with van der Waals surface area (Å²) < 4.78 is 0. The van der Waals surface area contributed by atoms with Crippen LogP contribution < -0.4 is 0 Å². The molecule has 3 nitrogen and oxygen atoms in total. The average Bonchev–Trinajstić information content (AvgIpc) is 3.11. The largest absolute Gasteiger partial charge is 0.478 e. The fourth-order valence-electron chi connectivity index (χ4n) is 6.87. The van der Waals surface area contributed by atoms with Gasteiger partial charge in [-0.3, -0.25) is 0 Å². The van der Waals surface area contributed by atoms with Crippen molar-refractivity contribution in [1.82, 2.24) is 0 Å². The highest BCUT2D eigenvalue weighted by molar-refractivity contribution is 5.88. The van der Waals surface area contributed by atoms with E-state index in [0.717, 1.165) is 12.8 Å². The Kier molecular flexibility index (Phi) is 5.24. The van der Waals surface area contributed by atoms with Crippen molar-refractivity contribution >= 4 is 12.0 Å². The Morgan fingerprint density at radius 2 is 1.90 bits per heavy atom. The molecule has 0 aromatic heterocycles. The molecule has 2 fully saturated rings. The van der Waals surface area contributed by atoms with Gasteiger partial charge in [0.05, 0.1) is 6.10 Å². The fourth-order valence-corrected chi connectivity index (χ4v) is 6.87. The van der Waals surface area contributed by atoms with Gasteiger partial charge in [-0.1, -0.05) is 66.8 Å². The summed E-state index contributed by atoms with van der Waals surface area (Å²) in [5, 5.41) is 20.1. The summed E-state index contributed by atoms with van der Waals surface area (Å²) in [6.07, 6.45) is 18.7. The quantitative estimate of drug-likeness (QED) is 0.378. The van der Waals surface area contributed by atoms with E-state index >= 15 is 0 Å². The maximum absolute atomic E-state index is 11.7. The van der Waals surface area contributed by atoms with E-state index in [1.807, 2.05) is 18.2 Å². The minimum atomic E-state index is -0.868. The summed E-state index contributed by atoms with van der Waals surface area (Å²) >= 11 is 0. The molecule has 4 aliphatic rings. The second-order valence-corrected chi connectivity index (χ2v) is 9.42. The van der Waals surface area contributed by atoms with Crippen LogP contribution in [0.1, 0.15) is 31.2 Å². The lowest BCUT2D eigenvalue weighted by atomic mass is 9.50. The van der Waals surface area contributed by atoms with Gasteiger partial charge >= 0.3 is 5.97 Å². The van der Waals surface area contributed by atoms with E-state index in [2.05, 4.69) is 48.6 Å². The first-order valence-electron chi connectivity index (χ1n) is 11.3. The van der Waals surface area contributed by atoms with Crippen LogP contribution in [0.15, 0.2) is 72.4 Å². The highest BCUT2D eigenvalue weighted by Crippen LogP contribution is 2.67. The van der Waals surface area contributed by atoms with Crippen molar-refractivity contribution in [3.8, 4) is 0 Å². The van der Waals surface area contributed by atoms with Crippen molar-refractivity contribution in [2.75, 3.05) is 0 Å². The van der Waals surface area contributed by atoms with Crippen LogP contribution in [0.2, 0.25) is 0 Å². The molecule has 156 valence electrons. The van der Waals surface area contributed by atoms with Crippen LogP contribution in [-0.4, -0.2) is 22.3 Å². The molecular formula is C27H30O3. The number of hydrogen-bond acceptors (Lipinski definition) is 2. The van der Waals surface area contributed by atoms with Crippen molar-refractivity contribution in [2.45, 2.75) is 31.8 Å². The summed E-state index contributed by atoms with van der Waals surface area (Å²) in [5.41, 5.74) is 1.63. The van der Waals surface area contributed by atoms with Crippen LogP contribution in [0.3, 0.4) is 0 Å². The maximum atomic E-state index is 11.7. The summed E-state index contributed by atoms with van der Waals surface area (Å²) in [4.78, 5) is 11.7. The summed E-state index contributed by atoms with van der Waals surface area (Å²) in [7, 11) is 0. The van der Waals surface area contributed by atoms with E-state index in [9.17, 15) is 15.0 Å². The second kappa shape index (κ2) is 8.03. The van der Waals surface area contributed by atoms with Gasteiger partial charge < -0.3 is 10.2 Å². The van der Waals surface area contributed by atoms with Crippen molar-refractivity contribution < 1.29 is 15.0 Å². The average molecular weight is 403 g/mol. The SMILES string of the molecule is O=C(O)C1=C[C@@H](O)[C@@H]2C[C@H]3[C@H](CCCC=CC=Cc4ccccc4)[C@H]4C=C[C@@H]1[C@@H]2[C@H]43. The van der Waals surface area contributed by atoms with E-state index < -0.39 is 12.1 Å². The number of carboxylic acid groups (broad SMARTS) is 1. The molecule has 30 heavy (non-hydrogen) atoms. The molecule has 0 unspecified atom stereocenters. The standard InChI is InChI=1S/C27H30O3/c28-24-16-22(27(29)30)20-14-13-19-18(21-15-23(24)26(20)25(19)21)12-8-3-1-2-5-9-17-10-6-4-7-11-17/h1-2,4-7,9-11,13-14,16,18-21,23-26,28H,3,8,12,15H2,(H,29,30)/t18-,19-,20+,21+,23+,24-,25-,26+/m1/s1. The van der Waals surface area contributed by atoms with E-state index in [-0.39, 0.29) is 11.8 Å². The molecule has 0 spiro atoms. The lowest BCUT2D eigenvalue weighted by Gasteiger charge is -2.54. The number of carbonyl (C=O) groups is 1. The lowest BCUT2D eigenvalue weighted by Crippen LogP contribution is -2.50. The van der Waals surface area contributed by atoms with Gasteiger partial charge in [0.2, 0.25) is 0 Å². The number of aliphatic hydroxyl groups is 1. The van der Waals surface area contributed by atoms with Crippen LogP contribution in [0.25, 0.3) is 6.08 Å². The van der Waals surface area contributed by atoms with Crippen molar-refractivity contribution in [3.05, 3.63) is 77.9 Å². The Morgan fingerprint density at radius 3 is 2.70 bits per heavy atom. The highest BCUT2D eigenvalue weighted by Gasteiger charge is 2.63. The first kappa shape index (κ1) is 19.6. The number of aliphatic hydroxyl groups excluding tert-OH is 1. The topological polar surface area (TPSA) is 57.5 Å². The van der Waals surface area contributed by atoms with Gasteiger partial charge in [0, 0.05) is 11.5 Å². The van der Waals surface area contributed by atoms with E-state index in [0.29, 0.717) is 35.2 Å². The number of benzene rings is 1. The monoisotopic (exact) mass is 402 g/mol. The molecule has 5 rings (SSSR count). The fraction of sp³-hybridized carbons (Fsp3) is 0.444. The van der Waals surface area contributed by atoms with Gasteiger partial charge in [0.1, 0.15) is 0 Å². The Labute approximate surface area is 178 Å². The van der Waals surface area contributed by atoms with E-state index in [1.165, 1.54) is 18.4 Å². The van der Waals surface area contributed by atoms with Gasteiger partial charge in [0.15, 0.2) is 0 Å². The van der Waals surface area contributed by atoms with Crippen molar-refractivity contribution in [1.29, 1.82) is 0 Å². The third-order valence-corrected chi connectivity index (χ3v) is 8.06. The molecule has 0 amide bonds. The lowest BCUT2D eigenvalue weighted by molar-refractivity contribution is -0.134. The third-order valence-electron chi connectivity index (χ3n) is 8.06. The maximum Gasteiger partial charge on any atom is 0.331 e. The molecule has 4 aliphatic carbocycles. The normalized spacial score (nSPS) is 38.5. The second-order valence-electron chi connectivity index (χ2n) is 9.42. The van der Waals surface area contributed by atoms with Crippen molar-refractivity contribution in [3.63, 3.8) is 0 Å². The number of carboxylic acids is 1. The summed E-state index contributed by atoms with van der Waals surface area (Å²) in [6, 6.07) is 10.3. The van der Waals surface area contributed by atoms with Crippen LogP contribution in [0.5, 0.6) is 0 Å². The van der Waals surface area contributed by atoms with E-state index in [1.54, 1.807) is 6.08 Å². The molecule has 0 saturated heterocycles. The summed E-state index contributed by atoms with van der Waals surface area (Å²) in [6.45, 7) is 0.